The number of carbonyl (C=O) groups excluding carboxylic acids is 1. The van der Waals surface area contributed by atoms with Gasteiger partial charge in [-0.1, -0.05) is 0 Å². The fourth-order valence-electron chi connectivity index (χ4n) is 2.82. The van der Waals surface area contributed by atoms with Crippen LogP contribution in [0.3, 0.4) is 0 Å². The zero-order valence-corrected chi connectivity index (χ0v) is 13.0. The summed E-state index contributed by atoms with van der Waals surface area (Å²) < 4.78 is 12.0. The average molecular weight is 326 g/mol. The predicted octanol–water partition coefficient (Wildman–Crippen LogP) is 1.39. The number of ether oxygens (including phenoxy) is 1. The van der Waals surface area contributed by atoms with Gasteiger partial charge in [0.1, 0.15) is 5.82 Å². The Balaban J connectivity index is 1.61. The van der Waals surface area contributed by atoms with Crippen molar-refractivity contribution in [3.63, 3.8) is 0 Å². The summed E-state index contributed by atoms with van der Waals surface area (Å²) in [5.74, 6) is 0.871. The predicted molar refractivity (Wildman–Crippen MR) is 82.5 cm³/mol. The van der Waals surface area contributed by atoms with Crippen LogP contribution in [-0.2, 0) is 24.3 Å². The van der Waals surface area contributed by atoms with E-state index in [1.54, 1.807) is 29.7 Å². The van der Waals surface area contributed by atoms with Gasteiger partial charge in [-0.05, 0) is 24.6 Å². The first kappa shape index (κ1) is 14.6. The van der Waals surface area contributed by atoms with Gasteiger partial charge in [-0.15, -0.1) is 10.2 Å². The van der Waals surface area contributed by atoms with Crippen molar-refractivity contribution in [2.24, 2.45) is 0 Å². The molecule has 0 saturated carbocycles. The maximum absolute atomic E-state index is 12.4. The van der Waals surface area contributed by atoms with Crippen LogP contribution in [0.2, 0.25) is 0 Å². The summed E-state index contributed by atoms with van der Waals surface area (Å²) in [7, 11) is 0. The summed E-state index contributed by atoms with van der Waals surface area (Å²) in [6, 6.07) is 4.76. The summed E-state index contributed by atoms with van der Waals surface area (Å²) in [6.07, 6.45) is 1.69. The first-order valence-corrected chi connectivity index (χ1v) is 7.61. The lowest BCUT2D eigenvalue weighted by atomic mass is 10.1. The van der Waals surface area contributed by atoms with Crippen molar-refractivity contribution in [2.75, 3.05) is 0 Å². The van der Waals surface area contributed by atoms with Crippen LogP contribution in [-0.4, -0.2) is 25.7 Å². The van der Waals surface area contributed by atoms with E-state index in [4.69, 9.17) is 9.15 Å². The molecule has 8 heteroatoms. The maximum atomic E-state index is 12.4. The monoisotopic (exact) mass is 326 g/mol. The van der Waals surface area contributed by atoms with Crippen molar-refractivity contribution in [1.82, 2.24) is 19.7 Å². The fraction of sp³-hybridized carbons (Fsp3) is 0.312. The smallest absolute Gasteiger partial charge is 0.338 e. The molecule has 3 heterocycles. The molecule has 0 bridgehead atoms. The van der Waals surface area contributed by atoms with Crippen molar-refractivity contribution in [1.29, 1.82) is 0 Å². The Kier molecular flexibility index (Phi) is 3.37. The highest BCUT2D eigenvalue weighted by atomic mass is 16.5. The van der Waals surface area contributed by atoms with Gasteiger partial charge in [-0.25, -0.2) is 9.78 Å². The lowest BCUT2D eigenvalue weighted by Crippen LogP contribution is -2.21. The molecule has 122 valence electrons. The molecule has 0 spiro atoms. The lowest BCUT2D eigenvalue weighted by molar-refractivity contribution is 0.0437. The third-order valence-corrected chi connectivity index (χ3v) is 3.95. The van der Waals surface area contributed by atoms with Crippen molar-refractivity contribution in [3.8, 4) is 0 Å². The molecule has 24 heavy (non-hydrogen) atoms. The van der Waals surface area contributed by atoms with Crippen LogP contribution in [0.4, 0.5) is 0 Å². The van der Waals surface area contributed by atoms with Crippen LogP contribution >= 0.6 is 0 Å². The number of hydrogen-bond acceptors (Lipinski definition) is 7. The molecule has 2 aromatic heterocycles. The highest BCUT2D eigenvalue weighted by Crippen LogP contribution is 2.17. The highest BCUT2D eigenvalue weighted by molar-refractivity contribution is 5.94. The standard InChI is InChI=1S/C16H14N4O4/c1-9-18-19-14(24-9)8-23-16(22)10-4-5-11-12(7-10)17-13-3-2-6-20(13)15(11)21/h4-5,7H,2-3,6,8H2,1H3. The number of hydrogen-bond donors (Lipinski definition) is 0. The molecule has 0 unspecified atom stereocenters. The van der Waals surface area contributed by atoms with Gasteiger partial charge in [-0.2, -0.15) is 0 Å². The molecule has 1 aliphatic heterocycles. The molecular weight excluding hydrogens is 312 g/mol. The highest BCUT2D eigenvalue weighted by Gasteiger charge is 2.17. The molecule has 0 aliphatic carbocycles. The van der Waals surface area contributed by atoms with Gasteiger partial charge < -0.3 is 9.15 Å². The van der Waals surface area contributed by atoms with Gasteiger partial charge in [0.05, 0.1) is 16.5 Å². The Hall–Kier alpha value is -3.03. The molecular formula is C16H14N4O4. The number of fused-ring (bicyclic) bond motifs is 2. The van der Waals surface area contributed by atoms with Gasteiger partial charge in [0.25, 0.3) is 11.4 Å². The Morgan fingerprint density at radius 3 is 3.04 bits per heavy atom. The summed E-state index contributed by atoms with van der Waals surface area (Å²) in [5.41, 5.74) is 0.776. The SMILES string of the molecule is Cc1nnc(COC(=O)c2ccc3c(=O)n4c(nc3c2)CCC4)o1. The Morgan fingerprint density at radius 1 is 1.38 bits per heavy atom. The number of rotatable bonds is 3. The topological polar surface area (TPSA) is 100 Å². The summed E-state index contributed by atoms with van der Waals surface area (Å²) in [6.45, 7) is 2.26. The third kappa shape index (κ3) is 2.45. The van der Waals surface area contributed by atoms with Gasteiger partial charge in [0.2, 0.25) is 5.89 Å². The van der Waals surface area contributed by atoms with E-state index in [9.17, 15) is 9.59 Å². The fourth-order valence-corrected chi connectivity index (χ4v) is 2.82. The van der Waals surface area contributed by atoms with Gasteiger partial charge in [0, 0.05) is 19.9 Å². The van der Waals surface area contributed by atoms with Crippen LogP contribution in [0.5, 0.6) is 0 Å². The first-order valence-electron chi connectivity index (χ1n) is 7.61. The second-order valence-corrected chi connectivity index (χ2v) is 5.61. The van der Waals surface area contributed by atoms with Crippen molar-refractivity contribution < 1.29 is 13.9 Å². The number of benzene rings is 1. The molecule has 1 aromatic carbocycles. The molecule has 0 atom stereocenters. The maximum Gasteiger partial charge on any atom is 0.338 e. The second-order valence-electron chi connectivity index (χ2n) is 5.61. The minimum Gasteiger partial charge on any atom is -0.452 e. The summed E-state index contributed by atoms with van der Waals surface area (Å²) in [5, 5.41) is 7.93. The number of nitrogens with zero attached hydrogens (tertiary/aromatic N) is 4. The Bertz CT molecular complexity index is 1000. The molecule has 3 aromatic rings. The van der Waals surface area contributed by atoms with E-state index in [-0.39, 0.29) is 18.1 Å². The lowest BCUT2D eigenvalue weighted by Gasteiger charge is -2.06. The van der Waals surface area contributed by atoms with E-state index in [0.29, 0.717) is 28.9 Å². The molecule has 0 amide bonds. The number of aryl methyl sites for hydroxylation is 2. The van der Waals surface area contributed by atoms with Crippen molar-refractivity contribution in [3.05, 3.63) is 51.7 Å². The van der Waals surface area contributed by atoms with E-state index in [2.05, 4.69) is 15.2 Å². The third-order valence-electron chi connectivity index (χ3n) is 3.95. The summed E-state index contributed by atoms with van der Waals surface area (Å²) >= 11 is 0. The van der Waals surface area contributed by atoms with E-state index >= 15 is 0 Å². The molecule has 0 N–H and O–H groups in total. The van der Waals surface area contributed by atoms with Crippen molar-refractivity contribution in [2.45, 2.75) is 32.9 Å². The largest absolute Gasteiger partial charge is 0.452 e. The molecule has 4 rings (SSSR count). The second kappa shape index (κ2) is 5.55. The van der Waals surface area contributed by atoms with Crippen LogP contribution < -0.4 is 5.56 Å². The Labute approximate surface area is 136 Å². The van der Waals surface area contributed by atoms with Gasteiger partial charge in [0.15, 0.2) is 6.61 Å². The summed E-state index contributed by atoms with van der Waals surface area (Å²) in [4.78, 5) is 29.1. The normalized spacial score (nSPS) is 13.2. The zero-order chi connectivity index (χ0) is 16.7. The number of aromatic nitrogens is 4. The van der Waals surface area contributed by atoms with Crippen molar-refractivity contribution >= 4 is 16.9 Å². The molecule has 8 nitrogen and oxygen atoms in total. The molecule has 0 radical (unpaired) electrons. The van der Waals surface area contributed by atoms with E-state index < -0.39 is 5.97 Å². The first-order chi connectivity index (χ1) is 11.6. The van der Waals surface area contributed by atoms with Gasteiger partial charge in [-0.3, -0.25) is 9.36 Å². The molecule has 0 saturated heterocycles. The number of carbonyl (C=O) groups is 1. The molecule has 0 fully saturated rings. The number of esters is 1. The quantitative estimate of drug-likeness (QED) is 0.670. The Morgan fingerprint density at radius 2 is 2.25 bits per heavy atom. The minimum absolute atomic E-state index is 0.0613. The van der Waals surface area contributed by atoms with Crippen LogP contribution in [0.1, 0.15) is 34.4 Å². The van der Waals surface area contributed by atoms with Gasteiger partial charge >= 0.3 is 5.97 Å². The minimum atomic E-state index is -0.532. The van der Waals surface area contributed by atoms with E-state index in [0.717, 1.165) is 18.7 Å². The molecule has 1 aliphatic rings. The van der Waals surface area contributed by atoms with E-state index in [1.807, 2.05) is 0 Å². The van der Waals surface area contributed by atoms with Crippen LogP contribution in [0.15, 0.2) is 27.4 Å². The zero-order valence-electron chi connectivity index (χ0n) is 13.0. The van der Waals surface area contributed by atoms with Crippen LogP contribution in [0.25, 0.3) is 10.9 Å². The van der Waals surface area contributed by atoms with E-state index in [1.165, 1.54) is 0 Å². The van der Waals surface area contributed by atoms with Crippen LogP contribution in [0, 0.1) is 6.92 Å². The average Bonchev–Trinajstić information content (AvgIpc) is 3.21.